The molecule has 0 amide bonds. The molecule has 0 aliphatic heterocycles. The molecule has 2 aromatic rings. The lowest BCUT2D eigenvalue weighted by atomic mass is 10.0. The van der Waals surface area contributed by atoms with Gasteiger partial charge >= 0.3 is 0 Å². The van der Waals surface area contributed by atoms with Crippen LogP contribution in [0, 0.1) is 20.2 Å². The lowest BCUT2D eigenvalue weighted by Crippen LogP contribution is -2.28. The highest BCUT2D eigenvalue weighted by Gasteiger charge is 2.34. The van der Waals surface area contributed by atoms with Gasteiger partial charge in [0, 0.05) is 10.5 Å². The predicted octanol–water partition coefficient (Wildman–Crippen LogP) is 3.29. The number of benzene rings is 2. The first-order valence-corrected chi connectivity index (χ1v) is 6.81. The summed E-state index contributed by atoms with van der Waals surface area (Å²) >= 11 is 0. The van der Waals surface area contributed by atoms with Crippen LogP contribution in [0.25, 0.3) is 6.08 Å². The minimum atomic E-state index is -1.37. The van der Waals surface area contributed by atoms with E-state index in [0.29, 0.717) is 5.56 Å². The molecular formula is C16H14N2O5. The van der Waals surface area contributed by atoms with E-state index in [1.54, 1.807) is 60.7 Å². The number of hydrogen-bond donors (Lipinski definition) is 0. The Hall–Kier alpha value is -3.22. The van der Waals surface area contributed by atoms with Gasteiger partial charge in [-0.15, -0.1) is 10.1 Å². The molecule has 2 unspecified atom stereocenters. The van der Waals surface area contributed by atoms with Gasteiger partial charge in [0.1, 0.15) is 0 Å². The Morgan fingerprint density at radius 3 is 2.00 bits per heavy atom. The minimum Gasteiger partial charge on any atom is -0.299 e. The molecule has 0 aromatic heterocycles. The van der Waals surface area contributed by atoms with Crippen molar-refractivity contribution in [1.29, 1.82) is 0 Å². The van der Waals surface area contributed by atoms with Crippen LogP contribution < -0.4 is 0 Å². The third kappa shape index (κ3) is 4.63. The summed E-state index contributed by atoms with van der Waals surface area (Å²) in [6, 6.07) is 15.7. The molecule has 0 spiro atoms. The Bertz CT molecular complexity index is 688. The third-order valence-corrected chi connectivity index (χ3v) is 3.17. The SMILES string of the molecule is O=[N+]([O-])OC(/C=C/c1ccccc1)C(c1ccccc1)[N+](=O)[O-]. The highest BCUT2D eigenvalue weighted by atomic mass is 17.0. The van der Waals surface area contributed by atoms with Crippen LogP contribution in [0.15, 0.2) is 66.7 Å². The molecule has 118 valence electrons. The van der Waals surface area contributed by atoms with Gasteiger partial charge in [0.2, 0.25) is 0 Å². The maximum Gasteiger partial charge on any atom is 0.295 e. The van der Waals surface area contributed by atoms with Crippen molar-refractivity contribution < 1.29 is 14.8 Å². The van der Waals surface area contributed by atoms with E-state index in [0.717, 1.165) is 5.56 Å². The van der Waals surface area contributed by atoms with Crippen LogP contribution in [0.2, 0.25) is 0 Å². The highest BCUT2D eigenvalue weighted by molar-refractivity contribution is 5.49. The van der Waals surface area contributed by atoms with Crippen molar-refractivity contribution in [3.63, 3.8) is 0 Å². The van der Waals surface area contributed by atoms with Gasteiger partial charge in [-0.1, -0.05) is 66.7 Å². The predicted molar refractivity (Wildman–Crippen MR) is 83.5 cm³/mol. The third-order valence-electron chi connectivity index (χ3n) is 3.17. The summed E-state index contributed by atoms with van der Waals surface area (Å²) in [5.74, 6) is 0. The monoisotopic (exact) mass is 314 g/mol. The quantitative estimate of drug-likeness (QED) is 0.577. The maximum absolute atomic E-state index is 11.4. The molecule has 0 heterocycles. The van der Waals surface area contributed by atoms with E-state index < -0.39 is 22.2 Å². The largest absolute Gasteiger partial charge is 0.299 e. The van der Waals surface area contributed by atoms with Crippen LogP contribution in [0.5, 0.6) is 0 Å². The van der Waals surface area contributed by atoms with Gasteiger partial charge < -0.3 is 0 Å². The minimum absolute atomic E-state index is 0.335. The molecule has 7 heteroatoms. The molecule has 2 rings (SSSR count). The normalized spacial score (nSPS) is 13.4. The van der Waals surface area contributed by atoms with Gasteiger partial charge in [0.15, 0.2) is 6.10 Å². The fourth-order valence-corrected chi connectivity index (χ4v) is 2.15. The van der Waals surface area contributed by atoms with Crippen molar-refractivity contribution in [3.05, 3.63) is 98.1 Å². The average molecular weight is 314 g/mol. The zero-order valence-electron chi connectivity index (χ0n) is 12.0. The zero-order chi connectivity index (χ0) is 16.7. The molecular weight excluding hydrogens is 300 g/mol. The molecule has 7 nitrogen and oxygen atoms in total. The molecule has 0 aliphatic carbocycles. The Labute approximate surface area is 132 Å². The van der Waals surface area contributed by atoms with E-state index in [1.807, 2.05) is 6.07 Å². The Morgan fingerprint density at radius 2 is 1.48 bits per heavy atom. The van der Waals surface area contributed by atoms with Crippen LogP contribution in [0.1, 0.15) is 17.2 Å². The molecule has 0 bridgehead atoms. The van der Waals surface area contributed by atoms with Gasteiger partial charge in [-0.2, -0.15) is 0 Å². The lowest BCUT2D eigenvalue weighted by Gasteiger charge is -2.16. The number of nitrogens with zero attached hydrogens (tertiary/aromatic N) is 2. The first kappa shape index (κ1) is 16.2. The van der Waals surface area contributed by atoms with E-state index >= 15 is 0 Å². The Balaban J connectivity index is 2.33. The van der Waals surface area contributed by atoms with E-state index in [4.69, 9.17) is 0 Å². The summed E-state index contributed by atoms with van der Waals surface area (Å²) in [6.45, 7) is 0. The summed E-state index contributed by atoms with van der Waals surface area (Å²) in [5, 5.41) is 21.1. The molecule has 0 saturated heterocycles. The van der Waals surface area contributed by atoms with Crippen molar-refractivity contribution >= 4 is 6.08 Å². The molecule has 2 atom stereocenters. The number of rotatable bonds is 7. The van der Waals surface area contributed by atoms with E-state index in [-0.39, 0.29) is 0 Å². The Kier molecular flexibility index (Phi) is 5.40. The van der Waals surface area contributed by atoms with Gasteiger partial charge in [-0.3, -0.25) is 15.0 Å². The maximum atomic E-state index is 11.4. The van der Waals surface area contributed by atoms with E-state index in [9.17, 15) is 20.2 Å². The molecule has 0 radical (unpaired) electrons. The summed E-state index contributed by atoms with van der Waals surface area (Å²) in [4.78, 5) is 26.1. The number of hydrogen-bond acceptors (Lipinski definition) is 5. The fourth-order valence-electron chi connectivity index (χ4n) is 2.15. The van der Waals surface area contributed by atoms with Gasteiger partial charge in [-0.25, -0.2) is 0 Å². The Morgan fingerprint density at radius 1 is 0.913 bits per heavy atom. The molecule has 0 N–H and O–H groups in total. The van der Waals surface area contributed by atoms with Crippen LogP contribution in [0.3, 0.4) is 0 Å². The van der Waals surface area contributed by atoms with Crippen molar-refractivity contribution in [3.8, 4) is 0 Å². The van der Waals surface area contributed by atoms with Crippen molar-refractivity contribution in [2.45, 2.75) is 12.1 Å². The second kappa shape index (κ2) is 7.69. The van der Waals surface area contributed by atoms with Crippen LogP contribution in [-0.4, -0.2) is 16.1 Å². The topological polar surface area (TPSA) is 95.5 Å². The standard InChI is InChI=1S/C16H14N2O5/c19-17(20)16(14-9-5-2-6-10-14)15(23-18(21)22)12-11-13-7-3-1-4-8-13/h1-12,15-16H/b12-11+. The van der Waals surface area contributed by atoms with Crippen LogP contribution in [0.4, 0.5) is 0 Å². The second-order valence-electron chi connectivity index (χ2n) is 4.70. The van der Waals surface area contributed by atoms with Crippen molar-refractivity contribution in [2.75, 3.05) is 0 Å². The zero-order valence-corrected chi connectivity index (χ0v) is 12.0. The molecule has 0 aliphatic rings. The average Bonchev–Trinajstić information content (AvgIpc) is 2.54. The molecule has 0 saturated carbocycles. The molecule has 0 fully saturated rings. The number of nitro groups is 1. The summed E-state index contributed by atoms with van der Waals surface area (Å²) in [7, 11) is 0. The van der Waals surface area contributed by atoms with E-state index in [1.165, 1.54) is 6.08 Å². The van der Waals surface area contributed by atoms with Gasteiger partial charge in [0.25, 0.3) is 11.1 Å². The van der Waals surface area contributed by atoms with Gasteiger partial charge in [0.05, 0.1) is 0 Å². The second-order valence-corrected chi connectivity index (χ2v) is 4.70. The summed E-state index contributed by atoms with van der Waals surface area (Å²) < 4.78 is 0. The molecule has 2 aromatic carbocycles. The lowest BCUT2D eigenvalue weighted by molar-refractivity contribution is -0.775. The van der Waals surface area contributed by atoms with Crippen molar-refractivity contribution in [2.24, 2.45) is 0 Å². The first-order valence-electron chi connectivity index (χ1n) is 6.81. The molecule has 23 heavy (non-hydrogen) atoms. The highest BCUT2D eigenvalue weighted by Crippen LogP contribution is 2.24. The van der Waals surface area contributed by atoms with Gasteiger partial charge in [-0.05, 0) is 11.6 Å². The van der Waals surface area contributed by atoms with Crippen LogP contribution in [-0.2, 0) is 4.84 Å². The summed E-state index contributed by atoms with van der Waals surface area (Å²) in [5.41, 5.74) is 1.10. The van der Waals surface area contributed by atoms with Crippen LogP contribution >= 0.6 is 0 Å². The summed E-state index contributed by atoms with van der Waals surface area (Å²) in [6.07, 6.45) is 1.56. The first-order chi connectivity index (χ1) is 11.1. The fraction of sp³-hybridized carbons (Fsp3) is 0.125. The van der Waals surface area contributed by atoms with Crippen molar-refractivity contribution in [1.82, 2.24) is 0 Å². The smallest absolute Gasteiger partial charge is 0.295 e. The van der Waals surface area contributed by atoms with E-state index in [2.05, 4.69) is 4.84 Å².